The topological polar surface area (TPSA) is 33.7 Å². The van der Waals surface area contributed by atoms with Crippen LogP contribution in [-0.2, 0) is 4.74 Å². The lowest BCUT2D eigenvalue weighted by atomic mass is 9.89. The Morgan fingerprint density at radius 1 is 1.29 bits per heavy atom. The molecule has 1 aliphatic heterocycles. The number of nitrogens with one attached hydrogen (secondary N) is 1. The van der Waals surface area contributed by atoms with E-state index in [0.29, 0.717) is 31.2 Å². The van der Waals surface area contributed by atoms with E-state index in [-0.39, 0.29) is 0 Å². The molecule has 0 aromatic heterocycles. The lowest BCUT2D eigenvalue weighted by molar-refractivity contribution is 0.145. The van der Waals surface area contributed by atoms with Crippen molar-refractivity contribution in [3.63, 3.8) is 0 Å². The number of rotatable bonds is 6. The number of piperidine rings is 1. The maximum absolute atomic E-state index is 5.67. The number of methoxy groups -OCH3 is 1. The number of ether oxygens (including phenoxy) is 2. The van der Waals surface area contributed by atoms with Gasteiger partial charge in [0, 0.05) is 37.5 Å². The first-order valence-corrected chi connectivity index (χ1v) is 7.78. The minimum Gasteiger partial charge on any atom is -0.491 e. The maximum atomic E-state index is 5.67. The molecule has 4 nitrogen and oxygen atoms in total. The quantitative estimate of drug-likeness (QED) is 0.818. The Balaban J connectivity index is 1.94. The standard InChI is InChI=1S/C17H28N2O2/c1-13-12-19(3)14(2)10-17(13)18-15-6-5-7-16(11-15)21-9-8-20-4/h5-7,11,13-14,17-18H,8-10,12H2,1-4H3. The van der Waals surface area contributed by atoms with Gasteiger partial charge in [0.2, 0.25) is 0 Å². The molecule has 0 aliphatic carbocycles. The fourth-order valence-electron chi connectivity index (χ4n) is 2.87. The van der Waals surface area contributed by atoms with Crippen LogP contribution < -0.4 is 10.1 Å². The molecule has 1 fully saturated rings. The summed E-state index contributed by atoms with van der Waals surface area (Å²) in [7, 11) is 3.89. The summed E-state index contributed by atoms with van der Waals surface area (Å²) in [6.07, 6.45) is 1.17. The molecule has 0 spiro atoms. The van der Waals surface area contributed by atoms with Crippen LogP contribution in [0.2, 0.25) is 0 Å². The lowest BCUT2D eigenvalue weighted by Crippen LogP contribution is -2.48. The third-order valence-corrected chi connectivity index (χ3v) is 4.35. The summed E-state index contributed by atoms with van der Waals surface area (Å²) in [5.74, 6) is 1.54. The summed E-state index contributed by atoms with van der Waals surface area (Å²) >= 11 is 0. The molecular weight excluding hydrogens is 264 g/mol. The molecule has 0 radical (unpaired) electrons. The molecular formula is C17H28N2O2. The van der Waals surface area contributed by atoms with Crippen molar-refractivity contribution in [2.45, 2.75) is 32.4 Å². The molecule has 1 aromatic carbocycles. The van der Waals surface area contributed by atoms with Crippen molar-refractivity contribution in [3.05, 3.63) is 24.3 Å². The molecule has 1 aliphatic rings. The molecule has 1 saturated heterocycles. The molecule has 1 aromatic rings. The second kappa shape index (κ2) is 7.66. The van der Waals surface area contributed by atoms with Gasteiger partial charge in [-0.3, -0.25) is 0 Å². The Hall–Kier alpha value is -1.26. The second-order valence-corrected chi connectivity index (χ2v) is 6.12. The van der Waals surface area contributed by atoms with Crippen molar-refractivity contribution in [1.82, 2.24) is 4.90 Å². The van der Waals surface area contributed by atoms with Crippen LogP contribution in [-0.4, -0.2) is 50.9 Å². The van der Waals surface area contributed by atoms with E-state index < -0.39 is 0 Å². The van der Waals surface area contributed by atoms with Crippen molar-refractivity contribution in [2.24, 2.45) is 5.92 Å². The summed E-state index contributed by atoms with van der Waals surface area (Å²) in [5.41, 5.74) is 1.14. The van der Waals surface area contributed by atoms with Gasteiger partial charge in [0.05, 0.1) is 6.61 Å². The van der Waals surface area contributed by atoms with E-state index in [1.165, 1.54) is 6.42 Å². The summed E-state index contributed by atoms with van der Waals surface area (Å²) in [6, 6.07) is 9.35. The number of benzene rings is 1. The van der Waals surface area contributed by atoms with Crippen molar-refractivity contribution in [1.29, 1.82) is 0 Å². The van der Waals surface area contributed by atoms with Crippen LogP contribution in [0.3, 0.4) is 0 Å². The first-order valence-electron chi connectivity index (χ1n) is 7.78. The first-order chi connectivity index (χ1) is 10.1. The molecule has 4 heteroatoms. The number of nitrogens with zero attached hydrogens (tertiary/aromatic N) is 1. The van der Waals surface area contributed by atoms with Crippen LogP contribution in [0.1, 0.15) is 20.3 Å². The van der Waals surface area contributed by atoms with Gasteiger partial charge in [-0.15, -0.1) is 0 Å². The highest BCUT2D eigenvalue weighted by molar-refractivity contribution is 5.49. The van der Waals surface area contributed by atoms with Crippen LogP contribution in [0.5, 0.6) is 5.75 Å². The van der Waals surface area contributed by atoms with Gasteiger partial charge in [0.25, 0.3) is 0 Å². The monoisotopic (exact) mass is 292 g/mol. The first kappa shape index (κ1) is 16.1. The zero-order valence-electron chi connectivity index (χ0n) is 13.6. The maximum Gasteiger partial charge on any atom is 0.121 e. The van der Waals surface area contributed by atoms with E-state index >= 15 is 0 Å². The van der Waals surface area contributed by atoms with Crippen molar-refractivity contribution in [2.75, 3.05) is 39.2 Å². The van der Waals surface area contributed by atoms with Crippen LogP contribution in [0, 0.1) is 5.92 Å². The van der Waals surface area contributed by atoms with E-state index in [1.807, 2.05) is 12.1 Å². The summed E-state index contributed by atoms with van der Waals surface area (Å²) < 4.78 is 10.7. The SMILES string of the molecule is COCCOc1cccc(NC2CC(C)N(C)CC2C)c1. The van der Waals surface area contributed by atoms with Gasteiger partial charge in [-0.2, -0.15) is 0 Å². The number of hydrogen-bond donors (Lipinski definition) is 1. The average Bonchev–Trinajstić information content (AvgIpc) is 2.45. The minimum atomic E-state index is 0.519. The van der Waals surface area contributed by atoms with E-state index in [1.54, 1.807) is 7.11 Å². The lowest BCUT2D eigenvalue weighted by Gasteiger charge is -2.40. The van der Waals surface area contributed by atoms with Gasteiger partial charge < -0.3 is 19.7 Å². The largest absolute Gasteiger partial charge is 0.491 e. The fourth-order valence-corrected chi connectivity index (χ4v) is 2.87. The van der Waals surface area contributed by atoms with Crippen molar-refractivity contribution >= 4 is 5.69 Å². The van der Waals surface area contributed by atoms with Crippen LogP contribution in [0.4, 0.5) is 5.69 Å². The van der Waals surface area contributed by atoms with Gasteiger partial charge in [0.1, 0.15) is 12.4 Å². The average molecular weight is 292 g/mol. The van der Waals surface area contributed by atoms with Gasteiger partial charge >= 0.3 is 0 Å². The van der Waals surface area contributed by atoms with Crippen LogP contribution in [0.25, 0.3) is 0 Å². The molecule has 1 N–H and O–H groups in total. The molecule has 0 amide bonds. The summed E-state index contributed by atoms with van der Waals surface area (Å²) in [5, 5.41) is 3.67. The van der Waals surface area contributed by atoms with Gasteiger partial charge in [0.15, 0.2) is 0 Å². The fraction of sp³-hybridized carbons (Fsp3) is 0.647. The highest BCUT2D eigenvalue weighted by Gasteiger charge is 2.28. The molecule has 3 unspecified atom stereocenters. The summed E-state index contributed by atoms with van der Waals surface area (Å²) in [4.78, 5) is 2.44. The van der Waals surface area contributed by atoms with E-state index in [0.717, 1.165) is 18.0 Å². The predicted octanol–water partition coefficient (Wildman–Crippen LogP) is 2.85. The molecule has 2 rings (SSSR count). The van der Waals surface area contributed by atoms with Crippen LogP contribution in [0.15, 0.2) is 24.3 Å². The zero-order chi connectivity index (χ0) is 15.2. The molecule has 118 valence electrons. The minimum absolute atomic E-state index is 0.519. The van der Waals surface area contributed by atoms with E-state index in [2.05, 4.69) is 43.2 Å². The Morgan fingerprint density at radius 2 is 2.10 bits per heavy atom. The smallest absolute Gasteiger partial charge is 0.121 e. The van der Waals surface area contributed by atoms with Crippen molar-refractivity contribution < 1.29 is 9.47 Å². The molecule has 0 saturated carbocycles. The third-order valence-electron chi connectivity index (χ3n) is 4.35. The summed E-state index contributed by atoms with van der Waals surface area (Å²) in [6.45, 7) is 6.95. The Labute approximate surface area is 128 Å². The van der Waals surface area contributed by atoms with E-state index in [4.69, 9.17) is 9.47 Å². The van der Waals surface area contributed by atoms with Gasteiger partial charge in [-0.05, 0) is 38.4 Å². The molecule has 3 atom stereocenters. The molecule has 0 bridgehead atoms. The number of anilines is 1. The predicted molar refractivity (Wildman–Crippen MR) is 87.1 cm³/mol. The van der Waals surface area contributed by atoms with Gasteiger partial charge in [-0.25, -0.2) is 0 Å². The Kier molecular flexibility index (Phi) is 5.88. The normalized spacial score (nSPS) is 26.6. The highest BCUT2D eigenvalue weighted by atomic mass is 16.5. The molecule has 21 heavy (non-hydrogen) atoms. The Bertz CT molecular complexity index is 439. The third kappa shape index (κ3) is 4.61. The van der Waals surface area contributed by atoms with Crippen LogP contribution >= 0.6 is 0 Å². The highest BCUT2D eigenvalue weighted by Crippen LogP contribution is 2.26. The number of likely N-dealkylation sites (tertiary alicyclic amines) is 1. The zero-order valence-corrected chi connectivity index (χ0v) is 13.6. The molecule has 1 heterocycles. The second-order valence-electron chi connectivity index (χ2n) is 6.12. The van der Waals surface area contributed by atoms with Crippen molar-refractivity contribution in [3.8, 4) is 5.75 Å². The van der Waals surface area contributed by atoms with Gasteiger partial charge in [-0.1, -0.05) is 13.0 Å². The Morgan fingerprint density at radius 3 is 2.86 bits per heavy atom. The number of hydrogen-bond acceptors (Lipinski definition) is 4. The van der Waals surface area contributed by atoms with E-state index in [9.17, 15) is 0 Å².